The number of hydrogen-bond acceptors (Lipinski definition) is 8. The van der Waals surface area contributed by atoms with E-state index in [1.54, 1.807) is 31.2 Å². The predicted molar refractivity (Wildman–Crippen MR) is 133 cm³/mol. The Hall–Kier alpha value is -3.96. The van der Waals surface area contributed by atoms with E-state index in [2.05, 4.69) is 15.9 Å². The zero-order chi connectivity index (χ0) is 25.6. The van der Waals surface area contributed by atoms with Crippen molar-refractivity contribution in [3.8, 4) is 11.5 Å². The van der Waals surface area contributed by atoms with Crippen LogP contribution in [0.3, 0.4) is 0 Å². The van der Waals surface area contributed by atoms with E-state index in [1.807, 2.05) is 18.2 Å². The van der Waals surface area contributed by atoms with Gasteiger partial charge in [-0.15, -0.1) is 0 Å². The Morgan fingerprint density at radius 2 is 1.75 bits per heavy atom. The number of benzene rings is 3. The van der Waals surface area contributed by atoms with E-state index < -0.39 is 34.8 Å². The van der Waals surface area contributed by atoms with Gasteiger partial charge in [0.15, 0.2) is 17.6 Å². The van der Waals surface area contributed by atoms with E-state index in [0.717, 1.165) is 4.90 Å². The molecule has 0 spiro atoms. The Labute approximate surface area is 213 Å². The number of rotatable bonds is 6. The number of halogens is 1. The molecule has 3 atom stereocenters. The summed E-state index contributed by atoms with van der Waals surface area (Å²) in [6, 6.07) is 16.8. The van der Waals surface area contributed by atoms with Crippen LogP contribution in [0.5, 0.6) is 11.5 Å². The molecule has 2 fully saturated rings. The summed E-state index contributed by atoms with van der Waals surface area (Å²) in [6.07, 6.45) is -1.11. The number of fused-ring (bicyclic) bond motifs is 1. The monoisotopic (exact) mass is 553 g/mol. The summed E-state index contributed by atoms with van der Waals surface area (Å²) >= 11 is 3.35. The van der Waals surface area contributed by atoms with Crippen LogP contribution in [0.2, 0.25) is 0 Å². The number of hydroxylamine groups is 1. The number of para-hydroxylation sites is 1. The van der Waals surface area contributed by atoms with Crippen LogP contribution < -0.4 is 14.7 Å². The molecule has 0 bridgehead atoms. The molecule has 0 radical (unpaired) electrons. The second kappa shape index (κ2) is 9.25. The van der Waals surface area contributed by atoms with E-state index in [-0.39, 0.29) is 22.9 Å². The quantitative estimate of drug-likeness (QED) is 0.268. The maximum absolute atomic E-state index is 13.7. The zero-order valence-corrected chi connectivity index (χ0v) is 20.5. The fourth-order valence-electron chi connectivity index (χ4n) is 4.56. The van der Waals surface area contributed by atoms with Crippen molar-refractivity contribution in [2.45, 2.75) is 19.1 Å². The third-order valence-corrected chi connectivity index (χ3v) is 6.74. The van der Waals surface area contributed by atoms with Crippen molar-refractivity contribution >= 4 is 44.8 Å². The smallest absolute Gasteiger partial charge is 0.269 e. The lowest BCUT2D eigenvalue weighted by Crippen LogP contribution is -2.37. The molecule has 2 aliphatic heterocycles. The average molecular weight is 554 g/mol. The molecule has 10 nitrogen and oxygen atoms in total. The summed E-state index contributed by atoms with van der Waals surface area (Å²) in [5, 5.41) is 23.0. The highest BCUT2D eigenvalue weighted by Gasteiger charge is 2.60. The Kier molecular flexibility index (Phi) is 6.10. The molecule has 2 amide bonds. The van der Waals surface area contributed by atoms with Gasteiger partial charge in [0.25, 0.3) is 11.6 Å². The molecule has 2 saturated heterocycles. The van der Waals surface area contributed by atoms with Gasteiger partial charge in [-0.2, -0.15) is 0 Å². The number of non-ortho nitro benzene ring substituents is 1. The number of phenols is 1. The van der Waals surface area contributed by atoms with E-state index in [9.17, 15) is 24.8 Å². The van der Waals surface area contributed by atoms with Gasteiger partial charge in [-0.25, -0.2) is 9.96 Å². The van der Waals surface area contributed by atoms with Crippen molar-refractivity contribution in [2.75, 3.05) is 16.6 Å². The molecule has 0 saturated carbocycles. The molecular formula is C25H20BrN3O7. The number of nitro benzene ring substituents is 1. The molecule has 1 N–H and O–H groups in total. The zero-order valence-electron chi connectivity index (χ0n) is 18.9. The summed E-state index contributed by atoms with van der Waals surface area (Å²) in [4.78, 5) is 44.7. The SMILES string of the molecule is CCOc1cc([C@@H]2[C@@H]3C(=O)N(c4ccc([N+](=O)[O-])cc4)C(=O)[C@@H]3ON2c2ccccc2)cc(Br)c1O. The van der Waals surface area contributed by atoms with Crippen LogP contribution in [0.25, 0.3) is 0 Å². The van der Waals surface area contributed by atoms with Gasteiger partial charge in [0.2, 0.25) is 5.91 Å². The Morgan fingerprint density at radius 1 is 1.06 bits per heavy atom. The Bertz CT molecular complexity index is 1350. The summed E-state index contributed by atoms with van der Waals surface area (Å²) in [7, 11) is 0. The molecule has 0 aliphatic carbocycles. The first-order valence-corrected chi connectivity index (χ1v) is 11.9. The number of ether oxygens (including phenoxy) is 1. The molecule has 0 unspecified atom stereocenters. The number of anilines is 2. The summed E-state index contributed by atoms with van der Waals surface area (Å²) in [5.74, 6) is -1.83. The standard InChI is InChI=1S/C25H20BrN3O7/c1-2-35-19-13-14(12-18(26)22(19)30)21-20-23(36-28(21)16-6-4-3-5-7-16)25(32)27(24(20)31)15-8-10-17(11-9-15)29(33)34/h3-13,20-21,23,30H,2H2,1H3/t20-,21+,23+/m0/s1. The first kappa shape index (κ1) is 23.8. The van der Waals surface area contributed by atoms with Crippen molar-refractivity contribution in [3.05, 3.63) is 86.9 Å². The number of phenolic OH excluding ortho intramolecular Hbond substituents is 1. The van der Waals surface area contributed by atoms with Gasteiger partial charge in [0, 0.05) is 12.1 Å². The van der Waals surface area contributed by atoms with Crippen LogP contribution in [0.15, 0.2) is 71.2 Å². The van der Waals surface area contributed by atoms with Gasteiger partial charge >= 0.3 is 0 Å². The van der Waals surface area contributed by atoms with Gasteiger partial charge < -0.3 is 9.84 Å². The highest BCUT2D eigenvalue weighted by atomic mass is 79.9. The topological polar surface area (TPSA) is 122 Å². The lowest BCUT2D eigenvalue weighted by atomic mass is 9.90. The van der Waals surface area contributed by atoms with Crippen molar-refractivity contribution in [1.82, 2.24) is 0 Å². The molecule has 3 aromatic carbocycles. The minimum atomic E-state index is -1.11. The lowest BCUT2D eigenvalue weighted by molar-refractivity contribution is -0.384. The normalized spacial score (nSPS) is 21.1. The fraction of sp³-hybridized carbons (Fsp3) is 0.200. The molecule has 3 aromatic rings. The molecular weight excluding hydrogens is 534 g/mol. The van der Waals surface area contributed by atoms with Gasteiger partial charge in [0.1, 0.15) is 5.92 Å². The third-order valence-electron chi connectivity index (χ3n) is 6.14. The van der Waals surface area contributed by atoms with Crippen molar-refractivity contribution < 1.29 is 29.2 Å². The third kappa shape index (κ3) is 3.86. The van der Waals surface area contributed by atoms with E-state index >= 15 is 0 Å². The van der Waals surface area contributed by atoms with Gasteiger partial charge in [0.05, 0.1) is 33.4 Å². The minimum absolute atomic E-state index is 0.0799. The van der Waals surface area contributed by atoms with Crippen LogP contribution >= 0.6 is 15.9 Å². The Balaban J connectivity index is 1.59. The van der Waals surface area contributed by atoms with Crippen LogP contribution in [-0.2, 0) is 14.4 Å². The molecule has 36 heavy (non-hydrogen) atoms. The minimum Gasteiger partial charge on any atom is -0.503 e. The van der Waals surface area contributed by atoms with Crippen LogP contribution in [-0.4, -0.2) is 34.6 Å². The van der Waals surface area contributed by atoms with Gasteiger partial charge in [-0.05, 0) is 64.8 Å². The van der Waals surface area contributed by atoms with Crippen LogP contribution in [0, 0.1) is 16.0 Å². The number of carbonyl (C=O) groups excluding carboxylic acids is 2. The van der Waals surface area contributed by atoms with Crippen LogP contribution in [0.4, 0.5) is 17.1 Å². The number of nitro groups is 1. The maximum atomic E-state index is 13.7. The average Bonchev–Trinajstić information content (AvgIpc) is 3.38. The summed E-state index contributed by atoms with van der Waals surface area (Å²) < 4.78 is 5.95. The number of amides is 2. The highest BCUT2D eigenvalue weighted by Crippen LogP contribution is 2.49. The number of carbonyl (C=O) groups is 2. The second-order valence-corrected chi connectivity index (χ2v) is 9.08. The second-order valence-electron chi connectivity index (χ2n) is 8.23. The molecule has 0 aromatic heterocycles. The number of nitrogens with zero attached hydrogens (tertiary/aromatic N) is 3. The molecule has 5 rings (SSSR count). The largest absolute Gasteiger partial charge is 0.503 e. The lowest BCUT2D eigenvalue weighted by Gasteiger charge is -2.29. The predicted octanol–water partition coefficient (Wildman–Crippen LogP) is 4.51. The molecule has 11 heteroatoms. The van der Waals surface area contributed by atoms with E-state index in [0.29, 0.717) is 22.3 Å². The highest BCUT2D eigenvalue weighted by molar-refractivity contribution is 9.10. The summed E-state index contributed by atoms with van der Waals surface area (Å²) in [5.41, 5.74) is 1.30. The fourth-order valence-corrected chi connectivity index (χ4v) is 5.02. The first-order valence-electron chi connectivity index (χ1n) is 11.1. The number of aromatic hydroxyl groups is 1. The van der Waals surface area contributed by atoms with E-state index in [1.165, 1.54) is 29.3 Å². The van der Waals surface area contributed by atoms with E-state index in [4.69, 9.17) is 9.57 Å². The maximum Gasteiger partial charge on any atom is 0.269 e. The molecule has 2 aliphatic rings. The first-order chi connectivity index (χ1) is 17.3. The van der Waals surface area contributed by atoms with Gasteiger partial charge in [-0.3, -0.25) is 24.5 Å². The van der Waals surface area contributed by atoms with Gasteiger partial charge in [-0.1, -0.05) is 18.2 Å². The number of imide groups is 1. The number of hydrogen-bond donors (Lipinski definition) is 1. The molecule has 2 heterocycles. The van der Waals surface area contributed by atoms with Crippen molar-refractivity contribution in [2.24, 2.45) is 5.92 Å². The Morgan fingerprint density at radius 3 is 2.39 bits per heavy atom. The summed E-state index contributed by atoms with van der Waals surface area (Å²) in [6.45, 7) is 2.09. The van der Waals surface area contributed by atoms with Crippen molar-refractivity contribution in [3.63, 3.8) is 0 Å². The van der Waals surface area contributed by atoms with Crippen LogP contribution in [0.1, 0.15) is 18.5 Å². The molecule has 184 valence electrons. The van der Waals surface area contributed by atoms with Crippen molar-refractivity contribution in [1.29, 1.82) is 0 Å².